The number of piperazine rings is 2. The maximum absolute atomic E-state index is 14.6. The molecule has 1 aromatic heterocycles. The molecule has 4 saturated heterocycles. The van der Waals surface area contributed by atoms with E-state index in [0.717, 1.165) is 91.1 Å². The van der Waals surface area contributed by atoms with Gasteiger partial charge >= 0.3 is 0 Å². The van der Waals surface area contributed by atoms with Gasteiger partial charge in [0.2, 0.25) is 5.88 Å². The molecule has 5 aliphatic heterocycles. The van der Waals surface area contributed by atoms with Gasteiger partial charge in [0.25, 0.3) is 16.7 Å². The van der Waals surface area contributed by atoms with Gasteiger partial charge in [-0.25, -0.2) is 0 Å². The molecule has 2 atom stereocenters. The fourth-order valence-electron chi connectivity index (χ4n) is 8.89. The van der Waals surface area contributed by atoms with E-state index in [4.69, 9.17) is 14.5 Å². The summed E-state index contributed by atoms with van der Waals surface area (Å²) in [7, 11) is 4.25. The summed E-state index contributed by atoms with van der Waals surface area (Å²) in [4.78, 5) is 58.1. The molecular weight excluding hydrogens is 688 g/mol. The number of nitrogens with one attached hydrogen (secondary N) is 1. The number of rotatable bonds is 13. The van der Waals surface area contributed by atoms with E-state index in [1.54, 1.807) is 12.1 Å². The van der Waals surface area contributed by atoms with E-state index in [1.165, 1.54) is 9.13 Å². The van der Waals surface area contributed by atoms with Gasteiger partial charge in [0.05, 0.1) is 40.4 Å². The van der Waals surface area contributed by atoms with E-state index >= 15 is 0 Å². The molecule has 6 aliphatic rings. The monoisotopic (exact) mass is 744 g/mol. The number of hydrogen-bond donors (Lipinski definition) is 2. The second-order valence-electron chi connectivity index (χ2n) is 15.9. The van der Waals surface area contributed by atoms with Crippen LogP contribution in [0.2, 0.25) is 0 Å². The number of aromatic hydroxyl groups is 1. The van der Waals surface area contributed by atoms with E-state index in [1.807, 2.05) is 0 Å². The Morgan fingerprint density at radius 1 is 0.722 bits per heavy atom. The first-order chi connectivity index (χ1) is 26.3. The summed E-state index contributed by atoms with van der Waals surface area (Å²) < 4.78 is 14.6. The van der Waals surface area contributed by atoms with Crippen LogP contribution in [0.5, 0.6) is 5.88 Å². The van der Waals surface area contributed by atoms with Gasteiger partial charge < -0.3 is 39.5 Å². The number of ether oxygens (including phenoxy) is 2. The molecule has 0 amide bonds. The normalized spacial score (nSPS) is 22.9. The zero-order valence-electron chi connectivity index (χ0n) is 32.0. The van der Waals surface area contributed by atoms with Crippen molar-refractivity contribution in [3.8, 4) is 17.0 Å². The van der Waals surface area contributed by atoms with Crippen LogP contribution in [0.15, 0.2) is 31.5 Å². The van der Waals surface area contributed by atoms with Crippen LogP contribution < -0.4 is 27.4 Å². The van der Waals surface area contributed by atoms with Crippen molar-refractivity contribution in [2.45, 2.75) is 63.8 Å². The van der Waals surface area contributed by atoms with Crippen molar-refractivity contribution in [2.75, 3.05) is 111 Å². The predicted molar refractivity (Wildman–Crippen MR) is 211 cm³/mol. The molecule has 1 aromatic carbocycles. The quantitative estimate of drug-likeness (QED) is 0.192. The minimum atomic E-state index is -0.394. The molecule has 0 bridgehead atoms. The molecule has 0 radical (unpaired) electrons. The van der Waals surface area contributed by atoms with E-state index in [2.05, 4.69) is 39.0 Å². The van der Waals surface area contributed by atoms with Gasteiger partial charge in [0.15, 0.2) is 0 Å². The summed E-state index contributed by atoms with van der Waals surface area (Å²) in [5.74, 6) is -0.158. The van der Waals surface area contributed by atoms with Crippen LogP contribution in [0.25, 0.3) is 32.7 Å². The summed E-state index contributed by atoms with van der Waals surface area (Å²) in [6.07, 6.45) is 4.98. The number of hydrogen-bond acceptors (Lipinski definition) is 12. The lowest BCUT2D eigenvalue weighted by Gasteiger charge is -2.32. The highest BCUT2D eigenvalue weighted by Gasteiger charge is 2.30. The molecule has 8 rings (SSSR count). The fourth-order valence-corrected chi connectivity index (χ4v) is 8.89. The van der Waals surface area contributed by atoms with Gasteiger partial charge in [-0.3, -0.25) is 28.5 Å². The first-order valence-electron chi connectivity index (χ1n) is 20.1. The number of nitrogens with zero attached hydrogens (tertiary/aromatic N) is 7. The average Bonchev–Trinajstić information content (AvgIpc) is 3.91. The highest BCUT2D eigenvalue weighted by atomic mass is 16.5. The molecule has 6 heterocycles. The number of likely N-dealkylation sites (N-methyl/N-ethyl adjacent to an activating group) is 2. The van der Waals surface area contributed by atoms with Crippen LogP contribution in [-0.4, -0.2) is 152 Å². The zero-order chi connectivity index (χ0) is 37.3. The fraction of sp³-hybridized carbons (Fsp3) is 0.650. The molecule has 0 saturated carbocycles. The lowest BCUT2D eigenvalue weighted by atomic mass is 9.89. The molecule has 14 heteroatoms. The Labute approximate surface area is 315 Å². The van der Waals surface area contributed by atoms with E-state index in [0.29, 0.717) is 89.4 Å². The molecule has 14 nitrogen and oxygen atoms in total. The van der Waals surface area contributed by atoms with Crippen molar-refractivity contribution in [1.82, 2.24) is 28.7 Å². The Morgan fingerprint density at radius 3 is 1.93 bits per heavy atom. The third-order valence-electron chi connectivity index (χ3n) is 12.2. The Bertz CT molecular complexity index is 2130. The Balaban J connectivity index is 1.26. The first-order valence-corrected chi connectivity index (χ1v) is 20.1. The lowest BCUT2D eigenvalue weighted by molar-refractivity contribution is 0.117. The minimum absolute atomic E-state index is 0.0106. The van der Waals surface area contributed by atoms with Crippen molar-refractivity contribution >= 4 is 27.2 Å². The number of anilines is 1. The van der Waals surface area contributed by atoms with Gasteiger partial charge in [0, 0.05) is 107 Å². The Hall–Kier alpha value is -3.66. The van der Waals surface area contributed by atoms with Crippen molar-refractivity contribution in [2.24, 2.45) is 4.99 Å². The van der Waals surface area contributed by atoms with Crippen molar-refractivity contribution in [1.29, 1.82) is 0 Å². The molecule has 292 valence electrons. The van der Waals surface area contributed by atoms with E-state index in [-0.39, 0.29) is 35.8 Å². The van der Waals surface area contributed by atoms with Gasteiger partial charge in [0.1, 0.15) is 0 Å². The summed E-state index contributed by atoms with van der Waals surface area (Å²) in [6.45, 7) is 12.3. The van der Waals surface area contributed by atoms with Crippen LogP contribution >= 0.6 is 0 Å². The first kappa shape index (κ1) is 37.3. The van der Waals surface area contributed by atoms with Crippen LogP contribution in [0.1, 0.15) is 38.5 Å². The van der Waals surface area contributed by atoms with Crippen molar-refractivity contribution in [3.63, 3.8) is 0 Å². The molecule has 2 N–H and O–H groups in total. The highest BCUT2D eigenvalue weighted by Crippen LogP contribution is 2.41. The summed E-state index contributed by atoms with van der Waals surface area (Å²) in [5, 5.41) is 17.4. The van der Waals surface area contributed by atoms with E-state index < -0.39 is 5.56 Å². The standard InChI is InChI=1S/C40H56N8O6/c1-43-13-17-45(18-14-43)9-5-11-47-37(49)29-23-32(42-26-28-8-4-22-54-28)36-34-30(24-31(35(33(29)34)39(47)51)41-25-27-7-3-21-53-27)38(50)48(40(36)52)12-6-10-46-19-15-44(2)16-20-46/h23-24,27-28,41,50H,3-22,25-26H2,1-2H3/t27-,28+/m1/s1. The Kier molecular flexibility index (Phi) is 11.2. The van der Waals surface area contributed by atoms with Gasteiger partial charge in [-0.1, -0.05) is 0 Å². The summed E-state index contributed by atoms with van der Waals surface area (Å²) >= 11 is 0. The van der Waals surface area contributed by atoms with Gasteiger partial charge in [-0.15, -0.1) is 0 Å². The third-order valence-corrected chi connectivity index (χ3v) is 12.2. The highest BCUT2D eigenvalue weighted by molar-refractivity contribution is 6.18. The number of benzene rings is 2. The zero-order valence-corrected chi connectivity index (χ0v) is 32.0. The molecule has 0 spiro atoms. The maximum atomic E-state index is 14.6. The molecule has 0 unspecified atom stereocenters. The van der Waals surface area contributed by atoms with Gasteiger partial charge in [-0.2, -0.15) is 0 Å². The number of pyridine rings is 2. The second kappa shape index (κ2) is 16.2. The van der Waals surface area contributed by atoms with Crippen LogP contribution in [-0.2, 0) is 22.6 Å². The predicted octanol–water partition coefficient (Wildman–Crippen LogP) is 1.31. The summed E-state index contributed by atoms with van der Waals surface area (Å²) in [5.41, 5.74) is 0.134. The molecule has 2 aromatic rings. The van der Waals surface area contributed by atoms with Crippen LogP contribution in [0, 0.1) is 0 Å². The van der Waals surface area contributed by atoms with Crippen molar-refractivity contribution < 1.29 is 14.6 Å². The topological polar surface area (TPSA) is 137 Å². The minimum Gasteiger partial charge on any atom is -0.494 e. The second-order valence-corrected chi connectivity index (χ2v) is 15.9. The third kappa shape index (κ3) is 7.48. The Morgan fingerprint density at radius 2 is 1.31 bits per heavy atom. The van der Waals surface area contributed by atoms with Crippen molar-refractivity contribution in [3.05, 3.63) is 48.6 Å². The average molecular weight is 745 g/mol. The molecule has 4 fully saturated rings. The summed E-state index contributed by atoms with van der Waals surface area (Å²) in [6, 6.07) is 3.52. The van der Waals surface area contributed by atoms with Crippen LogP contribution in [0.4, 0.5) is 5.69 Å². The number of aromatic nitrogens is 2. The largest absolute Gasteiger partial charge is 0.494 e. The maximum Gasteiger partial charge on any atom is 0.263 e. The molecule has 1 aliphatic carbocycles. The molecule has 54 heavy (non-hydrogen) atoms. The SMILES string of the molecule is CN1CCN(CCCn2c(O)c3cc(NC[C@H]4CCCO4)c4c5c3c(c(=NC[C@@H]3CCCO3)cc-5c(=O)n(CCCN3CCN(C)CC3)c4=O)c2=O)CC1. The molecular formula is C40H56N8O6. The lowest BCUT2D eigenvalue weighted by Crippen LogP contribution is -2.45. The van der Waals surface area contributed by atoms with E-state index in [9.17, 15) is 19.5 Å². The smallest absolute Gasteiger partial charge is 0.263 e. The van der Waals surface area contributed by atoms with Crippen LogP contribution in [0.3, 0.4) is 0 Å². The van der Waals surface area contributed by atoms with Gasteiger partial charge in [-0.05, 0) is 77.8 Å².